The van der Waals surface area contributed by atoms with Gasteiger partial charge in [-0.1, -0.05) is 55.1 Å². The summed E-state index contributed by atoms with van der Waals surface area (Å²) in [6, 6.07) is 18.6. The number of carbonyl (C=O) groups excluding carboxylic acids is 1. The van der Waals surface area contributed by atoms with E-state index in [-0.39, 0.29) is 5.97 Å². The molecule has 0 aliphatic rings. The summed E-state index contributed by atoms with van der Waals surface area (Å²) < 4.78 is 4.77. The minimum atomic E-state index is -0.355. The number of hydrogen-bond donors (Lipinski definition) is 0. The van der Waals surface area contributed by atoms with Crippen molar-refractivity contribution in [1.82, 2.24) is 0 Å². The van der Waals surface area contributed by atoms with Crippen LogP contribution in [0, 0.1) is 0 Å². The Morgan fingerprint density at radius 2 is 1.52 bits per heavy atom. The molecule has 0 atom stereocenters. The van der Waals surface area contributed by atoms with Gasteiger partial charge in [-0.3, -0.25) is 0 Å². The van der Waals surface area contributed by atoms with Gasteiger partial charge in [-0.25, -0.2) is 4.79 Å². The highest BCUT2D eigenvalue weighted by Gasteiger charge is 2.13. The monoisotopic (exact) mass is 276 g/mol. The van der Waals surface area contributed by atoms with E-state index in [1.807, 2.05) is 24.3 Å². The Hall–Kier alpha value is -2.61. The molecule has 0 saturated heterocycles. The first kappa shape index (κ1) is 13.4. The normalized spacial score (nSPS) is 10.7. The van der Waals surface area contributed by atoms with E-state index < -0.39 is 0 Å². The van der Waals surface area contributed by atoms with Crippen LogP contribution in [0.4, 0.5) is 0 Å². The van der Waals surface area contributed by atoms with Crippen molar-refractivity contribution in [2.24, 2.45) is 0 Å². The molecule has 3 aromatic rings. The van der Waals surface area contributed by atoms with Crippen LogP contribution < -0.4 is 0 Å². The molecule has 21 heavy (non-hydrogen) atoms. The van der Waals surface area contributed by atoms with Crippen LogP contribution in [0.2, 0.25) is 0 Å². The van der Waals surface area contributed by atoms with Crippen LogP contribution in [-0.4, -0.2) is 13.1 Å². The Balaban J connectivity index is 2.25. The highest BCUT2D eigenvalue weighted by atomic mass is 16.5. The third kappa shape index (κ3) is 2.40. The topological polar surface area (TPSA) is 26.3 Å². The predicted octanol–water partition coefficient (Wildman–Crippen LogP) is 4.26. The Morgan fingerprint density at radius 3 is 2.05 bits per heavy atom. The van der Waals surface area contributed by atoms with Crippen molar-refractivity contribution in [1.29, 1.82) is 0 Å². The number of benzene rings is 3. The summed E-state index contributed by atoms with van der Waals surface area (Å²) in [6.07, 6.45) is 0.495. The van der Waals surface area contributed by atoms with E-state index in [0.717, 1.165) is 16.3 Å². The van der Waals surface area contributed by atoms with Gasteiger partial charge in [-0.15, -0.1) is 0 Å². The highest BCUT2D eigenvalue weighted by molar-refractivity contribution is 6.03. The second-order valence-electron chi connectivity index (χ2n) is 5.07. The predicted molar refractivity (Wildman–Crippen MR) is 86.3 cm³/mol. The zero-order chi connectivity index (χ0) is 14.8. The Kier molecular flexibility index (Phi) is 3.44. The zero-order valence-corrected chi connectivity index (χ0v) is 11.9. The van der Waals surface area contributed by atoms with Crippen LogP contribution >= 0.6 is 0 Å². The summed E-state index contributed by atoms with van der Waals surface area (Å²) in [5, 5.41) is 4.65. The first-order chi connectivity index (χ1) is 10.2. The van der Waals surface area contributed by atoms with E-state index >= 15 is 0 Å². The highest BCUT2D eigenvalue weighted by Crippen LogP contribution is 2.30. The fourth-order valence-electron chi connectivity index (χ4n) is 2.73. The molecule has 0 heterocycles. The summed E-state index contributed by atoms with van der Waals surface area (Å²) in [4.78, 5) is 11.7. The fourth-order valence-corrected chi connectivity index (χ4v) is 2.73. The molecule has 104 valence electrons. The number of rotatable bonds is 3. The number of fused-ring (bicyclic) bond motifs is 2. The van der Waals surface area contributed by atoms with Crippen LogP contribution in [0.1, 0.15) is 5.56 Å². The SMILES string of the molecule is C=C(Cc1c2ccccc2cc2ccccc12)C(=O)OC. The van der Waals surface area contributed by atoms with Crippen LogP contribution in [0.5, 0.6) is 0 Å². The second-order valence-corrected chi connectivity index (χ2v) is 5.07. The lowest BCUT2D eigenvalue weighted by molar-refractivity contribution is -0.136. The van der Waals surface area contributed by atoms with E-state index in [1.54, 1.807) is 0 Å². The lowest BCUT2D eigenvalue weighted by Crippen LogP contribution is -2.06. The largest absolute Gasteiger partial charge is 0.466 e. The van der Waals surface area contributed by atoms with Crippen LogP contribution in [0.3, 0.4) is 0 Å². The van der Waals surface area contributed by atoms with E-state index in [9.17, 15) is 4.79 Å². The quantitative estimate of drug-likeness (QED) is 0.406. The van der Waals surface area contributed by atoms with E-state index in [0.29, 0.717) is 12.0 Å². The van der Waals surface area contributed by atoms with Gasteiger partial charge in [0.05, 0.1) is 7.11 Å². The molecule has 2 nitrogen and oxygen atoms in total. The molecule has 0 aliphatic heterocycles. The van der Waals surface area contributed by atoms with Gasteiger partial charge in [0.25, 0.3) is 0 Å². The molecule has 0 aliphatic carbocycles. The van der Waals surface area contributed by atoms with E-state index in [2.05, 4.69) is 36.9 Å². The molecule has 3 rings (SSSR count). The zero-order valence-electron chi connectivity index (χ0n) is 11.9. The number of methoxy groups -OCH3 is 1. The van der Waals surface area contributed by atoms with Gasteiger partial charge in [0.15, 0.2) is 0 Å². The fraction of sp³-hybridized carbons (Fsp3) is 0.105. The number of esters is 1. The molecule has 0 aromatic heterocycles. The Bertz CT molecular complexity index is 792. The molecule has 0 fully saturated rings. The van der Waals surface area contributed by atoms with E-state index in [1.165, 1.54) is 17.9 Å². The Morgan fingerprint density at radius 1 is 1.00 bits per heavy atom. The van der Waals surface area contributed by atoms with Crippen molar-refractivity contribution in [3.63, 3.8) is 0 Å². The molecular formula is C19H16O2. The molecule has 2 heteroatoms. The molecule has 0 radical (unpaired) electrons. The smallest absolute Gasteiger partial charge is 0.333 e. The molecule has 0 N–H and O–H groups in total. The third-order valence-corrected chi connectivity index (χ3v) is 3.75. The summed E-state index contributed by atoms with van der Waals surface area (Å²) in [5.41, 5.74) is 1.60. The number of ether oxygens (including phenoxy) is 1. The second kappa shape index (κ2) is 5.41. The van der Waals surface area contributed by atoms with Crippen molar-refractivity contribution in [2.45, 2.75) is 6.42 Å². The molecule has 0 spiro atoms. The molecule has 0 saturated carbocycles. The van der Waals surface area contributed by atoms with Crippen LogP contribution in [-0.2, 0) is 16.0 Å². The van der Waals surface area contributed by atoms with Crippen molar-refractivity contribution in [2.75, 3.05) is 7.11 Å². The summed E-state index contributed by atoms with van der Waals surface area (Å²) in [6.45, 7) is 3.86. The van der Waals surface area contributed by atoms with Crippen molar-refractivity contribution in [3.05, 3.63) is 72.3 Å². The van der Waals surface area contributed by atoms with Gasteiger partial charge in [0.2, 0.25) is 0 Å². The average molecular weight is 276 g/mol. The van der Waals surface area contributed by atoms with Gasteiger partial charge in [0.1, 0.15) is 0 Å². The van der Waals surface area contributed by atoms with Gasteiger partial charge in [-0.2, -0.15) is 0 Å². The van der Waals surface area contributed by atoms with Gasteiger partial charge in [0, 0.05) is 12.0 Å². The molecule has 3 aromatic carbocycles. The summed E-state index contributed by atoms with van der Waals surface area (Å²) in [5.74, 6) is -0.355. The van der Waals surface area contributed by atoms with Crippen molar-refractivity contribution >= 4 is 27.5 Å². The standard InChI is InChI=1S/C19H16O2/c1-13(19(20)21-2)11-18-16-9-5-3-7-14(16)12-15-8-4-6-10-17(15)18/h3-10,12H,1,11H2,2H3. The molecular weight excluding hydrogens is 260 g/mol. The van der Waals surface area contributed by atoms with Crippen molar-refractivity contribution < 1.29 is 9.53 Å². The maximum absolute atomic E-state index is 11.7. The van der Waals surface area contributed by atoms with Gasteiger partial charge < -0.3 is 4.74 Å². The van der Waals surface area contributed by atoms with E-state index in [4.69, 9.17) is 4.74 Å². The average Bonchev–Trinajstić information content (AvgIpc) is 2.53. The summed E-state index contributed by atoms with van der Waals surface area (Å²) >= 11 is 0. The number of hydrogen-bond acceptors (Lipinski definition) is 2. The van der Waals surface area contributed by atoms with Gasteiger partial charge >= 0.3 is 5.97 Å². The van der Waals surface area contributed by atoms with Crippen LogP contribution in [0.25, 0.3) is 21.5 Å². The minimum Gasteiger partial charge on any atom is -0.466 e. The first-order valence-electron chi connectivity index (χ1n) is 6.86. The summed E-state index contributed by atoms with van der Waals surface area (Å²) in [7, 11) is 1.38. The lowest BCUT2D eigenvalue weighted by Gasteiger charge is -2.12. The van der Waals surface area contributed by atoms with Gasteiger partial charge in [-0.05, 0) is 33.2 Å². The van der Waals surface area contributed by atoms with Crippen molar-refractivity contribution in [3.8, 4) is 0 Å². The molecule has 0 amide bonds. The lowest BCUT2D eigenvalue weighted by atomic mass is 9.93. The third-order valence-electron chi connectivity index (χ3n) is 3.75. The maximum atomic E-state index is 11.7. The van der Waals surface area contributed by atoms with Crippen LogP contribution in [0.15, 0.2) is 66.7 Å². The maximum Gasteiger partial charge on any atom is 0.333 e. The first-order valence-corrected chi connectivity index (χ1v) is 6.86. The Labute approximate surface area is 123 Å². The number of carbonyl (C=O) groups is 1. The molecule has 0 bridgehead atoms. The molecule has 0 unspecified atom stereocenters. The minimum absolute atomic E-state index is 0.355.